The number of nitrogens with zero attached hydrogens (tertiary/aromatic N) is 1. The molecular weight excluding hydrogens is 474 g/mol. The van der Waals surface area contributed by atoms with Gasteiger partial charge in [-0.15, -0.1) is 8.78 Å². The van der Waals surface area contributed by atoms with Crippen LogP contribution in [0.15, 0.2) is 0 Å². The molecule has 0 radical (unpaired) electrons. The van der Waals surface area contributed by atoms with E-state index in [1.54, 1.807) is 0 Å². The minimum Gasteiger partial charge on any atom is -0.225 e. The van der Waals surface area contributed by atoms with Crippen LogP contribution in [0.25, 0.3) is 0 Å². The van der Waals surface area contributed by atoms with Crippen molar-refractivity contribution in [2.75, 3.05) is 14.1 Å². The highest BCUT2D eigenvalue weighted by Gasteiger charge is 2.91. The van der Waals surface area contributed by atoms with E-state index in [4.69, 9.17) is 0 Å². The molecule has 1 rings (SSSR count). The Kier molecular flexibility index (Phi) is 5.90. The molecule has 0 saturated heterocycles. The number of rotatable bonds is 5. The minimum atomic E-state index is -7.94. The zero-order valence-electron chi connectivity index (χ0n) is 14.0. The first-order chi connectivity index (χ1) is 12.9. The van der Waals surface area contributed by atoms with Gasteiger partial charge in [-0.1, -0.05) is 0 Å². The van der Waals surface area contributed by atoms with Crippen LogP contribution in [0.3, 0.4) is 0 Å². The lowest BCUT2D eigenvalue weighted by Gasteiger charge is -2.43. The maximum absolute atomic E-state index is 14.2. The molecule has 1 nitrogen and oxygen atoms in total. The quantitative estimate of drug-likeness (QED) is 0.159. The second-order valence-corrected chi connectivity index (χ2v) is 6.13. The molecule has 1 aromatic carbocycles. The summed E-state index contributed by atoms with van der Waals surface area (Å²) in [6.45, 7) is 0. The third-order valence-corrected chi connectivity index (χ3v) is 3.97. The summed E-state index contributed by atoms with van der Waals surface area (Å²) in [5.41, 5.74) is -2.91. The molecule has 0 atom stereocenters. The molecule has 0 aromatic heterocycles. The zero-order chi connectivity index (χ0) is 24.5. The van der Waals surface area contributed by atoms with E-state index in [9.17, 15) is 70.2 Å². The third kappa shape index (κ3) is 3.07. The highest BCUT2D eigenvalue weighted by atomic mass is 19.4. The van der Waals surface area contributed by atoms with Crippen LogP contribution < -0.4 is 4.48 Å². The monoisotopic (exact) mass is 480 g/mol. The van der Waals surface area contributed by atoms with Crippen molar-refractivity contribution >= 4 is 5.69 Å². The summed E-state index contributed by atoms with van der Waals surface area (Å²) < 4.78 is 207. The van der Waals surface area contributed by atoms with Gasteiger partial charge in [-0.25, -0.2) is 17.7 Å². The van der Waals surface area contributed by atoms with Gasteiger partial charge in [0.05, 0.1) is 14.1 Å². The summed E-state index contributed by atoms with van der Waals surface area (Å²) in [6, 6.07) is -7.00. The number of benzene rings is 1. The average Bonchev–Trinajstić information content (AvgIpc) is 2.56. The van der Waals surface area contributed by atoms with Gasteiger partial charge in [-0.3, -0.25) is 0 Å². The second-order valence-electron chi connectivity index (χ2n) is 6.13. The number of quaternary nitrogens is 1. The van der Waals surface area contributed by atoms with E-state index >= 15 is 0 Å². The van der Waals surface area contributed by atoms with Crippen molar-refractivity contribution in [1.29, 1.82) is 0 Å². The Labute approximate surface area is 155 Å². The summed E-state index contributed by atoms with van der Waals surface area (Å²) >= 11 is 0. The van der Waals surface area contributed by atoms with Crippen LogP contribution >= 0.6 is 0 Å². The summed E-state index contributed by atoms with van der Waals surface area (Å²) in [7, 11) is -1.18. The van der Waals surface area contributed by atoms with Crippen molar-refractivity contribution in [2.24, 2.45) is 0 Å². The van der Waals surface area contributed by atoms with Crippen molar-refractivity contribution in [3.05, 3.63) is 29.1 Å². The fraction of sp³-hybridized carbons (Fsp3) is 0.538. The van der Waals surface area contributed by atoms with E-state index in [2.05, 4.69) is 0 Å². The molecule has 0 N–H and O–H groups in total. The maximum Gasteiger partial charge on any atom is 0.466 e. The van der Waals surface area contributed by atoms with Crippen molar-refractivity contribution in [3.8, 4) is 0 Å². The molecule has 30 heavy (non-hydrogen) atoms. The number of hydrogen-bond donors (Lipinski definition) is 0. The molecule has 0 spiro atoms. The molecule has 0 bridgehead atoms. The Balaban J connectivity index is 3.87. The van der Waals surface area contributed by atoms with Gasteiger partial charge in [0.2, 0.25) is 34.8 Å². The smallest absolute Gasteiger partial charge is 0.225 e. The van der Waals surface area contributed by atoms with E-state index in [0.29, 0.717) is 0 Å². The van der Waals surface area contributed by atoms with E-state index in [-0.39, 0.29) is 0 Å². The Hall–Kier alpha value is -1.94. The summed E-state index contributed by atoms with van der Waals surface area (Å²) in [5, 5.41) is 0. The molecular formula is C13H6F16N+. The van der Waals surface area contributed by atoms with Crippen LogP contribution in [-0.4, -0.2) is 44.1 Å². The van der Waals surface area contributed by atoms with Gasteiger partial charge < -0.3 is 0 Å². The predicted octanol–water partition coefficient (Wildman–Crippen LogP) is 6.01. The number of alkyl halides is 11. The first kappa shape index (κ1) is 26.1. The van der Waals surface area contributed by atoms with E-state index in [1.807, 2.05) is 0 Å². The standard InChI is InChI=1S/C13H6F16N/c1-30(2,8-6(17)4(15)3(14)5(16)7(8)18)13(28,29)11(23,24)9(19,20)10(21,22)12(25,26)27/h1-2H3/q+1. The topological polar surface area (TPSA) is 0 Å². The van der Waals surface area contributed by atoms with Crippen molar-refractivity contribution in [2.45, 2.75) is 30.0 Å². The van der Waals surface area contributed by atoms with Crippen molar-refractivity contribution in [3.63, 3.8) is 0 Å². The molecule has 17 heteroatoms. The Morgan fingerprint density at radius 1 is 0.467 bits per heavy atom. The first-order valence-electron chi connectivity index (χ1n) is 6.87. The molecule has 0 aliphatic heterocycles. The molecule has 0 saturated carbocycles. The van der Waals surface area contributed by atoms with Crippen LogP contribution in [-0.2, 0) is 0 Å². The van der Waals surface area contributed by atoms with Crippen LogP contribution in [0.5, 0.6) is 0 Å². The largest absolute Gasteiger partial charge is 0.466 e. The number of halogens is 16. The van der Waals surface area contributed by atoms with Crippen molar-refractivity contribution in [1.82, 2.24) is 4.48 Å². The molecule has 0 heterocycles. The Morgan fingerprint density at radius 2 is 0.767 bits per heavy atom. The zero-order valence-corrected chi connectivity index (χ0v) is 14.0. The molecule has 0 unspecified atom stereocenters. The molecule has 174 valence electrons. The lowest BCUT2D eigenvalue weighted by Crippen LogP contribution is -2.74. The van der Waals surface area contributed by atoms with Crippen molar-refractivity contribution < 1.29 is 70.2 Å². The molecule has 1 aromatic rings. The van der Waals surface area contributed by atoms with Crippen LogP contribution in [0, 0.1) is 29.1 Å². The van der Waals surface area contributed by atoms with Crippen LogP contribution in [0.2, 0.25) is 0 Å². The predicted molar refractivity (Wildman–Crippen MR) is 65.7 cm³/mol. The van der Waals surface area contributed by atoms with Gasteiger partial charge >= 0.3 is 30.0 Å². The van der Waals surface area contributed by atoms with Crippen LogP contribution in [0.1, 0.15) is 0 Å². The molecule has 0 aliphatic rings. The summed E-state index contributed by atoms with van der Waals surface area (Å²) in [5.74, 6) is -39.0. The normalized spacial score (nSPS) is 15.0. The Morgan fingerprint density at radius 3 is 1.07 bits per heavy atom. The van der Waals surface area contributed by atoms with Gasteiger partial charge in [0.1, 0.15) is 0 Å². The first-order valence-corrected chi connectivity index (χ1v) is 6.87. The summed E-state index contributed by atoms with van der Waals surface area (Å²) in [6.07, 6.45) is -7.50. The highest BCUT2D eigenvalue weighted by molar-refractivity contribution is 5.48. The van der Waals surface area contributed by atoms with Gasteiger partial charge in [-0.05, 0) is 0 Å². The molecule has 0 fully saturated rings. The highest BCUT2D eigenvalue weighted by Crippen LogP contribution is 2.59. The second kappa shape index (κ2) is 6.78. The van der Waals surface area contributed by atoms with Gasteiger partial charge in [-0.2, -0.15) is 48.3 Å². The molecule has 0 aliphatic carbocycles. The van der Waals surface area contributed by atoms with E-state index in [0.717, 1.165) is 0 Å². The van der Waals surface area contributed by atoms with E-state index < -0.39 is 83.3 Å². The van der Waals surface area contributed by atoms with Gasteiger partial charge in [0.15, 0.2) is 0 Å². The fourth-order valence-electron chi connectivity index (χ4n) is 2.14. The SMILES string of the molecule is C[N+](C)(c1c(F)c(F)c(F)c(F)c1F)C(F)(F)C(F)(F)C(F)(F)C(F)(F)C(F)(F)F. The number of hydrogen-bond acceptors (Lipinski definition) is 0. The van der Waals surface area contributed by atoms with Gasteiger partial charge in [0.25, 0.3) is 0 Å². The van der Waals surface area contributed by atoms with E-state index in [1.165, 1.54) is 0 Å². The lowest BCUT2D eigenvalue weighted by molar-refractivity contribution is -0.434. The summed E-state index contributed by atoms with van der Waals surface area (Å²) in [4.78, 5) is 0. The minimum absolute atomic E-state index is 0.589. The molecule has 0 amide bonds. The average molecular weight is 480 g/mol. The fourth-order valence-corrected chi connectivity index (χ4v) is 2.14. The lowest BCUT2D eigenvalue weighted by atomic mass is 9.99. The van der Waals surface area contributed by atoms with Crippen LogP contribution in [0.4, 0.5) is 75.9 Å². The third-order valence-electron chi connectivity index (χ3n) is 3.97. The Bertz CT molecular complexity index is 808. The maximum atomic E-state index is 14.2. The van der Waals surface area contributed by atoms with Gasteiger partial charge in [0, 0.05) is 0 Å².